The lowest BCUT2D eigenvalue weighted by molar-refractivity contribution is 0.101. The number of hydrogen-bond donors (Lipinski definition) is 1. The number of carbonyl (C=O) groups excluding carboxylic acids is 1. The maximum atomic E-state index is 12.3. The van der Waals surface area contributed by atoms with E-state index in [1.165, 1.54) is 0 Å². The van der Waals surface area contributed by atoms with E-state index in [4.69, 9.17) is 0 Å². The van der Waals surface area contributed by atoms with Crippen LogP contribution in [0, 0.1) is 6.92 Å². The first-order valence-corrected chi connectivity index (χ1v) is 7.48. The Kier molecular flexibility index (Phi) is 4.60. The fourth-order valence-electron chi connectivity index (χ4n) is 1.98. The van der Waals surface area contributed by atoms with Gasteiger partial charge in [0.15, 0.2) is 0 Å². The number of amides is 1. The van der Waals surface area contributed by atoms with Crippen LogP contribution < -0.4 is 5.32 Å². The second-order valence-corrected chi connectivity index (χ2v) is 5.46. The first-order valence-electron chi connectivity index (χ1n) is 6.69. The Hall–Kier alpha value is -1.62. The fourth-order valence-corrected chi connectivity index (χ4v) is 2.23. The van der Waals surface area contributed by atoms with Gasteiger partial charge in [0, 0.05) is 16.7 Å². The van der Waals surface area contributed by atoms with E-state index in [0.29, 0.717) is 12.2 Å². The summed E-state index contributed by atoms with van der Waals surface area (Å²) in [5.74, 6) is -0.124. The predicted octanol–water partition coefficient (Wildman–Crippen LogP) is 3.79. The van der Waals surface area contributed by atoms with Gasteiger partial charge in [0.2, 0.25) is 0 Å². The van der Waals surface area contributed by atoms with Crippen molar-refractivity contribution in [3.63, 3.8) is 0 Å². The third-order valence-corrected chi connectivity index (χ3v) is 4.03. The topological polar surface area (TPSA) is 46.9 Å². The van der Waals surface area contributed by atoms with Crippen LogP contribution in [0.3, 0.4) is 0 Å². The van der Waals surface area contributed by atoms with Crippen molar-refractivity contribution in [1.82, 2.24) is 9.78 Å². The van der Waals surface area contributed by atoms with Crippen molar-refractivity contribution in [3.05, 3.63) is 45.7 Å². The van der Waals surface area contributed by atoms with Gasteiger partial charge in [-0.2, -0.15) is 5.10 Å². The van der Waals surface area contributed by atoms with Crippen molar-refractivity contribution < 1.29 is 4.79 Å². The number of rotatable bonds is 4. The standard InChI is InChI=1S/C15H18BrN3O/c1-4-11-9-14(19(5-2)18-11)15(20)17-12-6-7-13(16)10(3)8-12/h6-9H,4-5H2,1-3H3,(H,17,20). The van der Waals surface area contributed by atoms with Gasteiger partial charge in [0.25, 0.3) is 5.91 Å². The minimum atomic E-state index is -0.124. The zero-order valence-electron chi connectivity index (χ0n) is 11.9. The summed E-state index contributed by atoms with van der Waals surface area (Å²) in [7, 11) is 0. The molecule has 1 heterocycles. The summed E-state index contributed by atoms with van der Waals surface area (Å²) >= 11 is 3.45. The van der Waals surface area contributed by atoms with E-state index in [2.05, 4.69) is 26.3 Å². The fraction of sp³-hybridized carbons (Fsp3) is 0.333. The summed E-state index contributed by atoms with van der Waals surface area (Å²) in [5.41, 5.74) is 3.41. The van der Waals surface area contributed by atoms with Crippen molar-refractivity contribution in [2.24, 2.45) is 0 Å². The van der Waals surface area contributed by atoms with E-state index < -0.39 is 0 Å². The highest BCUT2D eigenvalue weighted by Gasteiger charge is 2.14. The summed E-state index contributed by atoms with van der Waals surface area (Å²) < 4.78 is 2.77. The molecule has 0 spiro atoms. The molecule has 0 aliphatic carbocycles. The van der Waals surface area contributed by atoms with Crippen LogP contribution in [0.15, 0.2) is 28.7 Å². The van der Waals surface area contributed by atoms with E-state index in [1.54, 1.807) is 4.68 Å². The molecule has 0 atom stereocenters. The Morgan fingerprint density at radius 1 is 1.35 bits per heavy atom. The molecule has 0 bridgehead atoms. The van der Waals surface area contributed by atoms with Gasteiger partial charge in [0.05, 0.1) is 5.69 Å². The molecule has 0 aliphatic heterocycles. The second kappa shape index (κ2) is 6.22. The molecule has 0 saturated carbocycles. The van der Waals surface area contributed by atoms with Crippen LogP contribution in [-0.2, 0) is 13.0 Å². The number of carbonyl (C=O) groups is 1. The first kappa shape index (κ1) is 14.8. The molecule has 0 radical (unpaired) electrons. The Morgan fingerprint density at radius 2 is 2.10 bits per heavy atom. The minimum Gasteiger partial charge on any atom is -0.321 e. The van der Waals surface area contributed by atoms with Crippen LogP contribution in [0.25, 0.3) is 0 Å². The van der Waals surface area contributed by atoms with Gasteiger partial charge in [-0.1, -0.05) is 22.9 Å². The maximum Gasteiger partial charge on any atom is 0.273 e. The Morgan fingerprint density at radius 3 is 2.70 bits per heavy atom. The molecular formula is C15H18BrN3O. The molecule has 5 heteroatoms. The smallest absolute Gasteiger partial charge is 0.273 e. The van der Waals surface area contributed by atoms with Crippen molar-refractivity contribution in [2.45, 2.75) is 33.7 Å². The predicted molar refractivity (Wildman–Crippen MR) is 84.1 cm³/mol. The average Bonchev–Trinajstić information content (AvgIpc) is 2.86. The zero-order valence-corrected chi connectivity index (χ0v) is 13.5. The van der Waals surface area contributed by atoms with Gasteiger partial charge in [-0.05, 0) is 50.1 Å². The molecule has 1 N–H and O–H groups in total. The molecular weight excluding hydrogens is 318 g/mol. The van der Waals surface area contributed by atoms with Crippen LogP contribution in [0.1, 0.15) is 35.6 Å². The SMILES string of the molecule is CCc1cc(C(=O)Nc2ccc(Br)c(C)c2)n(CC)n1. The molecule has 20 heavy (non-hydrogen) atoms. The molecule has 1 aromatic heterocycles. The minimum absolute atomic E-state index is 0.124. The number of benzene rings is 1. The molecule has 106 valence electrons. The number of hydrogen-bond acceptors (Lipinski definition) is 2. The Bertz CT molecular complexity index is 634. The Balaban J connectivity index is 2.23. The first-order chi connectivity index (χ1) is 9.55. The summed E-state index contributed by atoms with van der Waals surface area (Å²) in [5, 5.41) is 7.31. The van der Waals surface area contributed by atoms with E-state index in [1.807, 2.05) is 45.0 Å². The second-order valence-electron chi connectivity index (χ2n) is 4.61. The van der Waals surface area contributed by atoms with Gasteiger partial charge in [0.1, 0.15) is 5.69 Å². The lowest BCUT2D eigenvalue weighted by atomic mass is 10.2. The van der Waals surface area contributed by atoms with E-state index in [-0.39, 0.29) is 5.91 Å². The van der Waals surface area contributed by atoms with Crippen molar-refractivity contribution in [1.29, 1.82) is 0 Å². The number of aryl methyl sites for hydroxylation is 3. The van der Waals surface area contributed by atoms with Gasteiger partial charge in [-0.15, -0.1) is 0 Å². The third-order valence-electron chi connectivity index (χ3n) is 3.14. The highest BCUT2D eigenvalue weighted by Crippen LogP contribution is 2.20. The Labute approximate surface area is 127 Å². The van der Waals surface area contributed by atoms with Crippen LogP contribution in [0.4, 0.5) is 5.69 Å². The number of nitrogens with zero attached hydrogens (tertiary/aromatic N) is 2. The molecule has 0 fully saturated rings. The third kappa shape index (κ3) is 3.10. The quantitative estimate of drug-likeness (QED) is 0.923. The number of anilines is 1. The average molecular weight is 336 g/mol. The van der Waals surface area contributed by atoms with Gasteiger partial charge in [-0.25, -0.2) is 0 Å². The monoisotopic (exact) mass is 335 g/mol. The van der Waals surface area contributed by atoms with E-state index in [9.17, 15) is 4.79 Å². The summed E-state index contributed by atoms with van der Waals surface area (Å²) in [4.78, 5) is 12.3. The molecule has 2 rings (SSSR count). The molecule has 0 unspecified atom stereocenters. The van der Waals surface area contributed by atoms with E-state index >= 15 is 0 Å². The highest BCUT2D eigenvalue weighted by atomic mass is 79.9. The van der Waals surface area contributed by atoms with Crippen molar-refractivity contribution in [2.75, 3.05) is 5.32 Å². The maximum absolute atomic E-state index is 12.3. The summed E-state index contributed by atoms with van der Waals surface area (Å²) in [6, 6.07) is 7.60. The molecule has 1 aromatic carbocycles. The van der Waals surface area contributed by atoms with Gasteiger partial charge >= 0.3 is 0 Å². The van der Waals surface area contributed by atoms with Crippen LogP contribution >= 0.6 is 15.9 Å². The number of aromatic nitrogens is 2. The zero-order chi connectivity index (χ0) is 14.7. The van der Waals surface area contributed by atoms with Crippen LogP contribution in [0.2, 0.25) is 0 Å². The van der Waals surface area contributed by atoms with Crippen molar-refractivity contribution >= 4 is 27.5 Å². The largest absolute Gasteiger partial charge is 0.321 e. The molecule has 4 nitrogen and oxygen atoms in total. The molecule has 2 aromatic rings. The number of nitrogens with one attached hydrogen (secondary N) is 1. The molecule has 0 aliphatic rings. The van der Waals surface area contributed by atoms with Crippen molar-refractivity contribution in [3.8, 4) is 0 Å². The van der Waals surface area contributed by atoms with Crippen LogP contribution in [-0.4, -0.2) is 15.7 Å². The molecule has 1 amide bonds. The van der Waals surface area contributed by atoms with Gasteiger partial charge in [-0.3, -0.25) is 9.48 Å². The lowest BCUT2D eigenvalue weighted by Gasteiger charge is -2.08. The number of halogens is 1. The highest BCUT2D eigenvalue weighted by molar-refractivity contribution is 9.10. The molecule has 0 saturated heterocycles. The lowest BCUT2D eigenvalue weighted by Crippen LogP contribution is -2.17. The normalized spacial score (nSPS) is 10.6. The van der Waals surface area contributed by atoms with Gasteiger partial charge < -0.3 is 5.32 Å². The van der Waals surface area contributed by atoms with Crippen LogP contribution in [0.5, 0.6) is 0 Å². The summed E-state index contributed by atoms with van der Waals surface area (Å²) in [6.45, 7) is 6.68. The van der Waals surface area contributed by atoms with E-state index in [0.717, 1.165) is 27.8 Å². The summed E-state index contributed by atoms with van der Waals surface area (Å²) in [6.07, 6.45) is 0.824.